The number of carbonyl (C=O) groups is 1. The first-order chi connectivity index (χ1) is 14.4. The zero-order valence-corrected chi connectivity index (χ0v) is 17.3. The van der Waals surface area contributed by atoms with E-state index in [4.69, 9.17) is 9.84 Å². The Morgan fingerprint density at radius 3 is 2.57 bits per heavy atom. The van der Waals surface area contributed by atoms with Crippen molar-refractivity contribution in [3.8, 4) is 5.75 Å². The van der Waals surface area contributed by atoms with Crippen molar-refractivity contribution in [3.05, 3.63) is 41.5 Å². The maximum absolute atomic E-state index is 14.0. The number of alkyl halides is 2. The van der Waals surface area contributed by atoms with Crippen molar-refractivity contribution in [2.24, 2.45) is 11.8 Å². The predicted molar refractivity (Wildman–Crippen MR) is 112 cm³/mol. The average molecular weight is 417 g/mol. The van der Waals surface area contributed by atoms with E-state index in [1.807, 2.05) is 18.2 Å². The quantitative estimate of drug-likeness (QED) is 0.633. The van der Waals surface area contributed by atoms with Gasteiger partial charge in [-0.2, -0.15) is 0 Å². The number of nitrogens with zero attached hydrogens (tertiary/aromatic N) is 1. The van der Waals surface area contributed by atoms with Gasteiger partial charge in [0.05, 0.1) is 18.1 Å². The van der Waals surface area contributed by atoms with E-state index in [1.54, 1.807) is 12.1 Å². The fourth-order valence-electron chi connectivity index (χ4n) is 4.78. The van der Waals surface area contributed by atoms with Crippen molar-refractivity contribution in [3.63, 3.8) is 0 Å². The van der Waals surface area contributed by atoms with Crippen LogP contribution >= 0.6 is 0 Å². The van der Waals surface area contributed by atoms with Gasteiger partial charge in [0.1, 0.15) is 5.75 Å². The lowest BCUT2D eigenvalue weighted by Crippen LogP contribution is -2.46. The second kappa shape index (κ2) is 8.88. The third-order valence-corrected chi connectivity index (χ3v) is 6.46. The highest BCUT2D eigenvalue weighted by molar-refractivity contribution is 5.88. The summed E-state index contributed by atoms with van der Waals surface area (Å²) in [5.41, 5.74) is 1.04. The smallest absolute Gasteiger partial charge is 0.303 e. The number of hydrogen-bond donors (Lipinski definition) is 1. The van der Waals surface area contributed by atoms with E-state index in [-0.39, 0.29) is 24.0 Å². The summed E-state index contributed by atoms with van der Waals surface area (Å²) in [6.45, 7) is 4.45. The van der Waals surface area contributed by atoms with Crippen LogP contribution in [0.1, 0.15) is 56.6 Å². The minimum atomic E-state index is -2.59. The van der Waals surface area contributed by atoms with Crippen LogP contribution in [0.2, 0.25) is 0 Å². The van der Waals surface area contributed by atoms with Crippen molar-refractivity contribution >= 4 is 16.7 Å². The van der Waals surface area contributed by atoms with Gasteiger partial charge in [-0.05, 0) is 66.0 Å². The Bertz CT molecular complexity index is 903. The molecule has 0 bridgehead atoms. The van der Waals surface area contributed by atoms with Gasteiger partial charge in [0, 0.05) is 19.6 Å². The summed E-state index contributed by atoms with van der Waals surface area (Å²) >= 11 is 0. The van der Waals surface area contributed by atoms with E-state index >= 15 is 0 Å². The fraction of sp³-hybridized carbons (Fsp3) is 0.542. The van der Waals surface area contributed by atoms with Crippen LogP contribution in [0, 0.1) is 11.8 Å². The van der Waals surface area contributed by atoms with Gasteiger partial charge in [0.25, 0.3) is 6.43 Å². The molecule has 1 aliphatic carbocycles. The molecule has 1 heterocycles. The largest absolute Gasteiger partial charge is 0.490 e. The lowest BCUT2D eigenvalue weighted by atomic mass is 9.89. The monoisotopic (exact) mass is 417 g/mol. The minimum absolute atomic E-state index is 0.0110. The van der Waals surface area contributed by atoms with Gasteiger partial charge in [0.15, 0.2) is 0 Å². The summed E-state index contributed by atoms with van der Waals surface area (Å²) < 4.78 is 34.0. The van der Waals surface area contributed by atoms with E-state index < -0.39 is 12.4 Å². The van der Waals surface area contributed by atoms with Crippen LogP contribution in [0.15, 0.2) is 30.3 Å². The van der Waals surface area contributed by atoms with E-state index in [1.165, 1.54) is 0 Å². The molecule has 0 amide bonds. The summed E-state index contributed by atoms with van der Waals surface area (Å²) in [4.78, 5) is 13.0. The van der Waals surface area contributed by atoms with Crippen LogP contribution in [0.4, 0.5) is 8.78 Å². The van der Waals surface area contributed by atoms with Crippen LogP contribution in [0.5, 0.6) is 5.75 Å². The average Bonchev–Trinajstić information content (AvgIpc) is 2.67. The molecule has 0 spiro atoms. The highest BCUT2D eigenvalue weighted by Gasteiger charge is 2.28. The Labute approximate surface area is 175 Å². The normalized spacial score (nSPS) is 22.9. The van der Waals surface area contributed by atoms with Crippen molar-refractivity contribution in [2.75, 3.05) is 13.1 Å². The Kier molecular flexibility index (Phi) is 6.23. The van der Waals surface area contributed by atoms with Crippen LogP contribution in [-0.4, -0.2) is 35.2 Å². The van der Waals surface area contributed by atoms with Gasteiger partial charge < -0.3 is 9.84 Å². The number of ether oxygens (including phenoxy) is 1. The third kappa shape index (κ3) is 4.75. The molecule has 162 valence electrons. The summed E-state index contributed by atoms with van der Waals surface area (Å²) in [6, 6.07) is 9.19. The first-order valence-electron chi connectivity index (χ1n) is 10.8. The molecule has 4 nitrogen and oxygen atoms in total. The Morgan fingerprint density at radius 2 is 1.90 bits per heavy atom. The van der Waals surface area contributed by atoms with Gasteiger partial charge in [-0.25, -0.2) is 8.78 Å². The molecule has 6 heteroatoms. The number of rotatable bonds is 7. The lowest BCUT2D eigenvalue weighted by Gasteiger charge is -2.38. The van der Waals surface area contributed by atoms with E-state index in [0.29, 0.717) is 23.6 Å². The fourth-order valence-corrected chi connectivity index (χ4v) is 4.78. The van der Waals surface area contributed by atoms with Gasteiger partial charge in [-0.3, -0.25) is 9.69 Å². The summed E-state index contributed by atoms with van der Waals surface area (Å²) in [5.74, 6) is 0.436. The van der Waals surface area contributed by atoms with Gasteiger partial charge >= 0.3 is 5.97 Å². The standard InChI is InChI=1S/C24H29F2NO3/c1-15-2-6-19(7-3-15)30-21-9-5-18-10-16(4-8-20(18)23(21)24(25)26)12-27-13-17(14-27)11-22(28)29/h4-5,8-10,15,17,19,24H,2-3,6-7,11-14H2,1H3,(H,28,29). The number of halogens is 2. The number of carboxylic acids is 1. The number of likely N-dealkylation sites (tertiary alicyclic amines) is 1. The summed E-state index contributed by atoms with van der Waals surface area (Å²) in [5, 5.41) is 10.2. The van der Waals surface area contributed by atoms with Crippen molar-refractivity contribution in [1.82, 2.24) is 4.90 Å². The molecule has 2 aliphatic rings. The molecular formula is C24H29F2NO3. The van der Waals surface area contributed by atoms with Crippen LogP contribution in [0.3, 0.4) is 0 Å². The maximum atomic E-state index is 14.0. The Morgan fingerprint density at radius 1 is 1.17 bits per heavy atom. The number of aliphatic carboxylic acids is 1. The topological polar surface area (TPSA) is 49.8 Å². The molecule has 0 atom stereocenters. The SMILES string of the molecule is CC1CCC(Oc2ccc3cc(CN4CC(CC(=O)O)C4)ccc3c2C(F)F)CC1. The van der Waals surface area contributed by atoms with Crippen LogP contribution in [0.25, 0.3) is 10.8 Å². The molecule has 1 saturated carbocycles. The number of hydrogen-bond acceptors (Lipinski definition) is 3. The van der Waals surface area contributed by atoms with Gasteiger partial charge in [0.2, 0.25) is 0 Å². The molecule has 1 aliphatic heterocycles. The maximum Gasteiger partial charge on any atom is 0.303 e. The molecule has 2 fully saturated rings. The molecule has 0 radical (unpaired) electrons. The minimum Gasteiger partial charge on any atom is -0.490 e. The number of fused-ring (bicyclic) bond motifs is 1. The second-order valence-electron chi connectivity index (χ2n) is 8.99. The Balaban J connectivity index is 1.49. The number of carboxylic acid groups (broad SMARTS) is 1. The Hall–Kier alpha value is -2.21. The summed E-state index contributed by atoms with van der Waals surface area (Å²) in [6.07, 6.45) is 1.61. The van der Waals surface area contributed by atoms with E-state index in [2.05, 4.69) is 11.8 Å². The van der Waals surface area contributed by atoms with Crippen molar-refractivity contribution in [2.45, 2.75) is 58.1 Å². The van der Waals surface area contributed by atoms with E-state index in [0.717, 1.165) is 49.7 Å². The van der Waals surface area contributed by atoms with E-state index in [9.17, 15) is 13.6 Å². The second-order valence-corrected chi connectivity index (χ2v) is 8.99. The highest BCUT2D eigenvalue weighted by atomic mass is 19.3. The first kappa shape index (κ1) is 21.0. The van der Waals surface area contributed by atoms with Crippen molar-refractivity contribution in [1.29, 1.82) is 0 Å². The van der Waals surface area contributed by atoms with Crippen LogP contribution in [-0.2, 0) is 11.3 Å². The first-order valence-corrected chi connectivity index (χ1v) is 10.8. The van der Waals surface area contributed by atoms with Crippen LogP contribution < -0.4 is 4.74 Å². The molecule has 0 unspecified atom stereocenters. The molecule has 30 heavy (non-hydrogen) atoms. The van der Waals surface area contributed by atoms with Crippen molar-refractivity contribution < 1.29 is 23.4 Å². The molecule has 1 saturated heterocycles. The third-order valence-electron chi connectivity index (χ3n) is 6.46. The molecule has 2 aromatic carbocycles. The number of benzene rings is 2. The zero-order chi connectivity index (χ0) is 21.3. The molecule has 4 rings (SSSR count). The van der Waals surface area contributed by atoms with Gasteiger partial charge in [-0.1, -0.05) is 25.1 Å². The molecule has 2 aromatic rings. The summed E-state index contributed by atoms with van der Waals surface area (Å²) in [7, 11) is 0. The van der Waals surface area contributed by atoms with Gasteiger partial charge in [-0.15, -0.1) is 0 Å². The molecular weight excluding hydrogens is 388 g/mol. The molecule has 1 N–H and O–H groups in total. The zero-order valence-electron chi connectivity index (χ0n) is 17.3. The highest BCUT2D eigenvalue weighted by Crippen LogP contribution is 2.38. The predicted octanol–water partition coefficient (Wildman–Crippen LogP) is 5.64. The lowest BCUT2D eigenvalue weighted by molar-refractivity contribution is -0.139. The molecule has 0 aromatic heterocycles.